The lowest BCUT2D eigenvalue weighted by atomic mass is 10.2. The van der Waals surface area contributed by atoms with Gasteiger partial charge in [0.2, 0.25) is 5.91 Å². The molecule has 1 unspecified atom stereocenters. The Labute approximate surface area is 129 Å². The van der Waals surface area contributed by atoms with E-state index in [9.17, 15) is 9.59 Å². The van der Waals surface area contributed by atoms with E-state index in [1.807, 2.05) is 12.1 Å². The first kappa shape index (κ1) is 15.3. The Hall–Kier alpha value is -1.05. The molecule has 1 atom stereocenters. The molecule has 0 saturated carbocycles. The quantitative estimate of drug-likeness (QED) is 0.859. The Kier molecular flexibility index (Phi) is 5.45. The number of carbonyl (C=O) groups is 2. The van der Waals surface area contributed by atoms with Gasteiger partial charge in [-0.25, -0.2) is 0 Å². The molecule has 0 spiro atoms. The molecule has 1 aliphatic heterocycles. The van der Waals surface area contributed by atoms with E-state index in [-0.39, 0.29) is 12.5 Å². The van der Waals surface area contributed by atoms with E-state index in [1.165, 1.54) is 0 Å². The van der Waals surface area contributed by atoms with Gasteiger partial charge in [-0.1, -0.05) is 15.9 Å². The van der Waals surface area contributed by atoms with E-state index >= 15 is 0 Å². The first-order valence-corrected chi connectivity index (χ1v) is 8.11. The number of carbonyl (C=O) groups excluding carboxylic acids is 1. The second kappa shape index (κ2) is 7.10. The van der Waals surface area contributed by atoms with Crippen LogP contribution >= 0.6 is 27.7 Å². The van der Waals surface area contributed by atoms with Crippen LogP contribution in [0.3, 0.4) is 0 Å². The highest BCUT2D eigenvalue weighted by Gasteiger charge is 2.29. The standard InChI is InChI=1S/C13H15BrN2O3S/c14-9-1-3-10(4-2-9)15-12(17)7-16-5-6-20-8-11(16)13(18)19/h1-4,11H,5-8H2,(H,15,17)(H,18,19). The molecule has 2 rings (SSSR count). The molecule has 0 aliphatic carbocycles. The van der Waals surface area contributed by atoms with Gasteiger partial charge in [-0.2, -0.15) is 11.8 Å². The van der Waals surface area contributed by atoms with E-state index < -0.39 is 12.0 Å². The number of amides is 1. The molecule has 1 heterocycles. The van der Waals surface area contributed by atoms with E-state index in [0.717, 1.165) is 10.2 Å². The van der Waals surface area contributed by atoms with Crippen molar-refractivity contribution in [3.05, 3.63) is 28.7 Å². The molecule has 1 fully saturated rings. The SMILES string of the molecule is O=C(CN1CCSCC1C(=O)O)Nc1ccc(Br)cc1. The Balaban J connectivity index is 1.92. The second-order valence-electron chi connectivity index (χ2n) is 4.45. The summed E-state index contributed by atoms with van der Waals surface area (Å²) in [7, 11) is 0. The maximum Gasteiger partial charge on any atom is 0.321 e. The Morgan fingerprint density at radius 2 is 2.10 bits per heavy atom. The zero-order valence-corrected chi connectivity index (χ0v) is 13.1. The predicted molar refractivity (Wildman–Crippen MR) is 83.1 cm³/mol. The van der Waals surface area contributed by atoms with Crippen LogP contribution in [0.25, 0.3) is 0 Å². The lowest BCUT2D eigenvalue weighted by molar-refractivity contribution is -0.142. The van der Waals surface area contributed by atoms with Crippen LogP contribution in [0.5, 0.6) is 0 Å². The first-order chi connectivity index (χ1) is 9.56. The first-order valence-electron chi connectivity index (χ1n) is 6.16. The van der Waals surface area contributed by atoms with Crippen molar-refractivity contribution in [2.24, 2.45) is 0 Å². The van der Waals surface area contributed by atoms with Gasteiger partial charge in [0, 0.05) is 28.2 Å². The molecule has 7 heteroatoms. The number of aliphatic carboxylic acids is 1. The summed E-state index contributed by atoms with van der Waals surface area (Å²) in [6.45, 7) is 0.725. The van der Waals surface area contributed by atoms with Crippen molar-refractivity contribution >= 4 is 45.3 Å². The third kappa shape index (κ3) is 4.22. The summed E-state index contributed by atoms with van der Waals surface area (Å²) >= 11 is 4.93. The van der Waals surface area contributed by atoms with Gasteiger partial charge in [0.25, 0.3) is 0 Å². The maximum absolute atomic E-state index is 12.0. The number of hydrogen-bond acceptors (Lipinski definition) is 4. The van der Waals surface area contributed by atoms with Gasteiger partial charge >= 0.3 is 5.97 Å². The summed E-state index contributed by atoms with van der Waals surface area (Å²) in [5.41, 5.74) is 0.705. The van der Waals surface area contributed by atoms with Gasteiger partial charge in [-0.15, -0.1) is 0 Å². The van der Waals surface area contributed by atoms with Crippen molar-refractivity contribution in [2.45, 2.75) is 6.04 Å². The molecule has 1 aromatic rings. The van der Waals surface area contributed by atoms with Gasteiger partial charge in [0.15, 0.2) is 0 Å². The number of carboxylic acids is 1. The second-order valence-corrected chi connectivity index (χ2v) is 6.52. The molecular weight excluding hydrogens is 344 g/mol. The number of benzene rings is 1. The van der Waals surface area contributed by atoms with Gasteiger partial charge < -0.3 is 10.4 Å². The van der Waals surface area contributed by atoms with Crippen LogP contribution in [0.2, 0.25) is 0 Å². The van der Waals surface area contributed by atoms with Crippen LogP contribution in [-0.4, -0.2) is 52.5 Å². The van der Waals surface area contributed by atoms with E-state index in [4.69, 9.17) is 5.11 Å². The lowest BCUT2D eigenvalue weighted by Crippen LogP contribution is -2.50. The van der Waals surface area contributed by atoms with Crippen molar-refractivity contribution < 1.29 is 14.7 Å². The number of rotatable bonds is 4. The largest absolute Gasteiger partial charge is 0.480 e. The molecular formula is C13H15BrN2O3S. The lowest BCUT2D eigenvalue weighted by Gasteiger charge is -2.31. The van der Waals surface area contributed by atoms with Crippen molar-refractivity contribution in [1.29, 1.82) is 0 Å². The molecule has 1 saturated heterocycles. The summed E-state index contributed by atoms with van der Waals surface area (Å²) in [5, 5.41) is 11.9. The highest BCUT2D eigenvalue weighted by Crippen LogP contribution is 2.17. The van der Waals surface area contributed by atoms with Crippen LogP contribution in [0.1, 0.15) is 0 Å². The summed E-state index contributed by atoms with van der Waals surface area (Å²) in [4.78, 5) is 24.8. The summed E-state index contributed by atoms with van der Waals surface area (Å²) < 4.78 is 0.939. The molecule has 2 N–H and O–H groups in total. The normalized spacial score (nSPS) is 19.6. The fourth-order valence-electron chi connectivity index (χ4n) is 1.97. The molecule has 0 bridgehead atoms. The molecule has 0 aromatic heterocycles. The highest BCUT2D eigenvalue weighted by atomic mass is 79.9. The number of halogens is 1. The molecule has 5 nitrogen and oxygen atoms in total. The zero-order chi connectivity index (χ0) is 14.5. The molecule has 1 amide bonds. The van der Waals surface area contributed by atoms with Gasteiger partial charge in [0.05, 0.1) is 6.54 Å². The van der Waals surface area contributed by atoms with Crippen molar-refractivity contribution in [1.82, 2.24) is 4.90 Å². The summed E-state index contributed by atoms with van der Waals surface area (Å²) in [5.74, 6) is 0.329. The van der Waals surface area contributed by atoms with Crippen LogP contribution in [0.15, 0.2) is 28.7 Å². The van der Waals surface area contributed by atoms with E-state index in [0.29, 0.717) is 18.0 Å². The molecule has 1 aromatic carbocycles. The van der Waals surface area contributed by atoms with Gasteiger partial charge in [-0.3, -0.25) is 14.5 Å². The summed E-state index contributed by atoms with van der Waals surface area (Å²) in [6.07, 6.45) is 0. The molecule has 20 heavy (non-hydrogen) atoms. The number of nitrogens with one attached hydrogen (secondary N) is 1. The number of hydrogen-bond donors (Lipinski definition) is 2. The average molecular weight is 359 g/mol. The highest BCUT2D eigenvalue weighted by molar-refractivity contribution is 9.10. The van der Waals surface area contributed by atoms with Crippen molar-refractivity contribution in [3.8, 4) is 0 Å². The number of nitrogens with zero attached hydrogens (tertiary/aromatic N) is 1. The minimum absolute atomic E-state index is 0.105. The topological polar surface area (TPSA) is 69.6 Å². The van der Waals surface area contributed by atoms with Crippen LogP contribution in [0.4, 0.5) is 5.69 Å². The Morgan fingerprint density at radius 3 is 2.75 bits per heavy atom. The third-order valence-corrected chi connectivity index (χ3v) is 4.55. The summed E-state index contributed by atoms with van der Waals surface area (Å²) in [6, 6.07) is 6.69. The predicted octanol–water partition coefficient (Wildman–Crippen LogP) is 1.89. The Bertz CT molecular complexity index is 495. The maximum atomic E-state index is 12.0. The Morgan fingerprint density at radius 1 is 1.40 bits per heavy atom. The molecule has 1 aliphatic rings. The number of thioether (sulfide) groups is 1. The van der Waals surface area contributed by atoms with Crippen molar-refractivity contribution in [3.63, 3.8) is 0 Å². The molecule has 0 radical (unpaired) electrons. The van der Waals surface area contributed by atoms with Gasteiger partial charge in [0.1, 0.15) is 6.04 Å². The monoisotopic (exact) mass is 358 g/mol. The van der Waals surface area contributed by atoms with E-state index in [2.05, 4.69) is 21.2 Å². The van der Waals surface area contributed by atoms with Gasteiger partial charge in [-0.05, 0) is 24.3 Å². The number of carboxylic acid groups (broad SMARTS) is 1. The third-order valence-electron chi connectivity index (χ3n) is 3.00. The van der Waals surface area contributed by atoms with Crippen LogP contribution < -0.4 is 5.32 Å². The number of anilines is 1. The fraction of sp³-hybridized carbons (Fsp3) is 0.385. The van der Waals surface area contributed by atoms with E-state index in [1.54, 1.807) is 28.8 Å². The zero-order valence-electron chi connectivity index (χ0n) is 10.7. The molecule has 108 valence electrons. The van der Waals surface area contributed by atoms with Crippen molar-refractivity contribution in [2.75, 3.05) is 29.9 Å². The minimum Gasteiger partial charge on any atom is -0.480 e. The van der Waals surface area contributed by atoms with Crippen LogP contribution in [0, 0.1) is 0 Å². The minimum atomic E-state index is -0.867. The average Bonchev–Trinajstić information content (AvgIpc) is 2.41. The van der Waals surface area contributed by atoms with Crippen LogP contribution in [-0.2, 0) is 9.59 Å². The fourth-order valence-corrected chi connectivity index (χ4v) is 3.34. The smallest absolute Gasteiger partial charge is 0.321 e.